The molecule has 1 heterocycles. The molecule has 108 valence electrons. The number of ether oxygens (including phenoxy) is 2. The van der Waals surface area contributed by atoms with Crippen LogP contribution in [-0.2, 0) is 10.3 Å². The molecular formula is C14H18N2O4. The van der Waals surface area contributed by atoms with Crippen LogP contribution in [0.4, 0.5) is 0 Å². The predicted octanol–water partition coefficient (Wildman–Crippen LogP) is 2.72. The van der Waals surface area contributed by atoms with Crippen molar-refractivity contribution in [2.75, 3.05) is 14.2 Å². The molecule has 1 N–H and O–H groups in total. The summed E-state index contributed by atoms with van der Waals surface area (Å²) in [6.45, 7) is 3.89. The van der Waals surface area contributed by atoms with Crippen molar-refractivity contribution in [1.82, 2.24) is 10.1 Å². The maximum Gasteiger partial charge on any atom is 0.258 e. The standard InChI is InChI=1S/C14H18N2O4/c1-5-14(2,19-4)13-15-12(20-16-13)9-6-7-10(17)11(8-9)18-3/h6-8,17H,5H2,1-4H3. The van der Waals surface area contributed by atoms with Gasteiger partial charge in [0.05, 0.1) is 7.11 Å². The molecular weight excluding hydrogens is 260 g/mol. The summed E-state index contributed by atoms with van der Waals surface area (Å²) in [5.41, 5.74) is 0.0934. The Kier molecular flexibility index (Phi) is 3.94. The number of aromatic hydroxyl groups is 1. The molecule has 2 rings (SSSR count). The molecule has 0 saturated heterocycles. The lowest BCUT2D eigenvalue weighted by atomic mass is 10.0. The molecule has 0 radical (unpaired) electrons. The van der Waals surface area contributed by atoms with Crippen LogP contribution >= 0.6 is 0 Å². The third kappa shape index (κ3) is 2.46. The molecule has 0 aliphatic rings. The minimum Gasteiger partial charge on any atom is -0.504 e. The number of aromatic nitrogens is 2. The second-order valence-corrected chi connectivity index (χ2v) is 4.60. The van der Waals surface area contributed by atoms with Gasteiger partial charge in [-0.15, -0.1) is 0 Å². The average Bonchev–Trinajstić information content (AvgIpc) is 2.97. The molecule has 0 amide bonds. The topological polar surface area (TPSA) is 77.6 Å². The zero-order valence-electron chi connectivity index (χ0n) is 12.0. The number of rotatable bonds is 5. The Morgan fingerprint density at radius 2 is 2.10 bits per heavy atom. The van der Waals surface area contributed by atoms with Gasteiger partial charge in [-0.3, -0.25) is 0 Å². The third-order valence-corrected chi connectivity index (χ3v) is 3.45. The summed E-state index contributed by atoms with van der Waals surface area (Å²) in [4.78, 5) is 4.36. The van der Waals surface area contributed by atoms with Gasteiger partial charge in [-0.2, -0.15) is 4.98 Å². The van der Waals surface area contributed by atoms with Crippen molar-refractivity contribution < 1.29 is 19.1 Å². The molecule has 1 aromatic carbocycles. The molecule has 1 atom stereocenters. The van der Waals surface area contributed by atoms with E-state index in [1.807, 2.05) is 13.8 Å². The maximum absolute atomic E-state index is 9.58. The molecule has 6 nitrogen and oxygen atoms in total. The lowest BCUT2D eigenvalue weighted by Gasteiger charge is -2.21. The molecule has 0 fully saturated rings. The average molecular weight is 278 g/mol. The van der Waals surface area contributed by atoms with Gasteiger partial charge >= 0.3 is 0 Å². The number of phenolic OH excluding ortho intramolecular Hbond substituents is 1. The molecule has 6 heteroatoms. The largest absolute Gasteiger partial charge is 0.504 e. The number of benzene rings is 1. The van der Waals surface area contributed by atoms with Gasteiger partial charge in [-0.1, -0.05) is 12.1 Å². The lowest BCUT2D eigenvalue weighted by molar-refractivity contribution is -0.0106. The van der Waals surface area contributed by atoms with Crippen LogP contribution < -0.4 is 4.74 Å². The Bertz CT molecular complexity index is 591. The normalized spacial score (nSPS) is 14.0. The maximum atomic E-state index is 9.58. The second-order valence-electron chi connectivity index (χ2n) is 4.60. The fraction of sp³-hybridized carbons (Fsp3) is 0.429. The van der Waals surface area contributed by atoms with Crippen molar-refractivity contribution in [3.05, 3.63) is 24.0 Å². The number of hydrogen-bond acceptors (Lipinski definition) is 6. The Morgan fingerprint density at radius 1 is 1.35 bits per heavy atom. The molecule has 1 unspecified atom stereocenters. The van der Waals surface area contributed by atoms with E-state index in [4.69, 9.17) is 14.0 Å². The van der Waals surface area contributed by atoms with Gasteiger partial charge in [0.1, 0.15) is 5.60 Å². The highest BCUT2D eigenvalue weighted by molar-refractivity contribution is 5.59. The molecule has 0 bridgehead atoms. The van der Waals surface area contributed by atoms with Crippen molar-refractivity contribution in [3.8, 4) is 23.0 Å². The van der Waals surface area contributed by atoms with Crippen LogP contribution in [0, 0.1) is 0 Å². The van der Waals surface area contributed by atoms with Crippen LogP contribution in [0.5, 0.6) is 11.5 Å². The van der Waals surface area contributed by atoms with Crippen LogP contribution in [0.15, 0.2) is 22.7 Å². The first-order valence-electron chi connectivity index (χ1n) is 6.30. The van der Waals surface area contributed by atoms with Crippen molar-refractivity contribution >= 4 is 0 Å². The monoisotopic (exact) mass is 278 g/mol. The number of hydrogen-bond donors (Lipinski definition) is 1. The third-order valence-electron chi connectivity index (χ3n) is 3.45. The number of methoxy groups -OCH3 is 2. The SMILES string of the molecule is CCC(C)(OC)c1noc(-c2ccc(O)c(OC)c2)n1. The molecule has 0 aliphatic carbocycles. The first kappa shape index (κ1) is 14.3. The fourth-order valence-corrected chi connectivity index (χ4v) is 1.76. The highest BCUT2D eigenvalue weighted by Crippen LogP contribution is 2.32. The van der Waals surface area contributed by atoms with E-state index in [9.17, 15) is 5.11 Å². The van der Waals surface area contributed by atoms with Gasteiger partial charge in [-0.25, -0.2) is 0 Å². The van der Waals surface area contributed by atoms with Gasteiger partial charge in [-0.05, 0) is 31.5 Å². The van der Waals surface area contributed by atoms with Crippen LogP contribution in [0.2, 0.25) is 0 Å². The van der Waals surface area contributed by atoms with E-state index >= 15 is 0 Å². The van der Waals surface area contributed by atoms with Gasteiger partial charge in [0, 0.05) is 12.7 Å². The molecule has 0 aliphatic heterocycles. The summed E-state index contributed by atoms with van der Waals surface area (Å²) in [6, 6.07) is 4.85. The Morgan fingerprint density at radius 3 is 2.70 bits per heavy atom. The fourth-order valence-electron chi connectivity index (χ4n) is 1.76. The van der Waals surface area contributed by atoms with E-state index in [1.54, 1.807) is 19.2 Å². The quantitative estimate of drug-likeness (QED) is 0.906. The van der Waals surface area contributed by atoms with Crippen molar-refractivity contribution in [2.24, 2.45) is 0 Å². The Balaban J connectivity index is 2.38. The molecule has 1 aromatic heterocycles. The van der Waals surface area contributed by atoms with Gasteiger partial charge < -0.3 is 19.1 Å². The second kappa shape index (κ2) is 5.50. The summed E-state index contributed by atoms with van der Waals surface area (Å²) in [7, 11) is 3.10. The van der Waals surface area contributed by atoms with Crippen molar-refractivity contribution in [2.45, 2.75) is 25.9 Å². The predicted molar refractivity (Wildman–Crippen MR) is 72.6 cm³/mol. The molecule has 0 saturated carbocycles. The van der Waals surface area contributed by atoms with Gasteiger partial charge in [0.25, 0.3) is 5.89 Å². The zero-order chi connectivity index (χ0) is 14.8. The molecule has 20 heavy (non-hydrogen) atoms. The molecule has 2 aromatic rings. The first-order valence-corrected chi connectivity index (χ1v) is 6.30. The van der Waals surface area contributed by atoms with Crippen molar-refractivity contribution in [3.63, 3.8) is 0 Å². The Hall–Kier alpha value is -2.08. The van der Waals surface area contributed by atoms with E-state index < -0.39 is 5.60 Å². The summed E-state index contributed by atoms with van der Waals surface area (Å²) in [5, 5.41) is 13.6. The van der Waals surface area contributed by atoms with Crippen LogP contribution in [0.3, 0.4) is 0 Å². The summed E-state index contributed by atoms with van der Waals surface area (Å²) in [5.74, 6) is 1.26. The zero-order valence-corrected chi connectivity index (χ0v) is 12.0. The number of phenols is 1. The Labute approximate surface area is 117 Å². The molecule has 0 spiro atoms. The van der Waals surface area contributed by atoms with E-state index in [1.165, 1.54) is 13.2 Å². The summed E-state index contributed by atoms with van der Waals surface area (Å²) in [6.07, 6.45) is 0.724. The summed E-state index contributed by atoms with van der Waals surface area (Å²) < 4.78 is 15.8. The van der Waals surface area contributed by atoms with E-state index in [2.05, 4.69) is 10.1 Å². The smallest absolute Gasteiger partial charge is 0.258 e. The van der Waals surface area contributed by atoms with Crippen molar-refractivity contribution in [1.29, 1.82) is 0 Å². The minimum atomic E-state index is -0.581. The highest BCUT2D eigenvalue weighted by atomic mass is 16.5. The number of nitrogens with zero attached hydrogens (tertiary/aromatic N) is 2. The highest BCUT2D eigenvalue weighted by Gasteiger charge is 2.30. The van der Waals surface area contributed by atoms with E-state index in [0.29, 0.717) is 23.0 Å². The van der Waals surface area contributed by atoms with E-state index in [0.717, 1.165) is 6.42 Å². The van der Waals surface area contributed by atoms with Crippen LogP contribution in [0.25, 0.3) is 11.5 Å². The minimum absolute atomic E-state index is 0.0614. The van der Waals surface area contributed by atoms with Gasteiger partial charge in [0.2, 0.25) is 5.82 Å². The lowest BCUT2D eigenvalue weighted by Crippen LogP contribution is -2.24. The summed E-state index contributed by atoms with van der Waals surface area (Å²) >= 11 is 0. The van der Waals surface area contributed by atoms with E-state index in [-0.39, 0.29) is 5.75 Å². The van der Waals surface area contributed by atoms with Crippen LogP contribution in [-0.4, -0.2) is 29.5 Å². The first-order chi connectivity index (χ1) is 9.54. The van der Waals surface area contributed by atoms with Gasteiger partial charge in [0.15, 0.2) is 11.5 Å². The van der Waals surface area contributed by atoms with Crippen LogP contribution in [0.1, 0.15) is 26.1 Å².